The predicted molar refractivity (Wildman–Crippen MR) is 79.8 cm³/mol. The average Bonchev–Trinajstić information content (AvgIpc) is 2.46. The molecule has 0 aliphatic rings. The van der Waals surface area contributed by atoms with E-state index in [0.717, 1.165) is 22.0 Å². The second-order valence-corrected chi connectivity index (χ2v) is 4.82. The number of pyridine rings is 1. The van der Waals surface area contributed by atoms with Crippen molar-refractivity contribution in [2.75, 3.05) is 0 Å². The summed E-state index contributed by atoms with van der Waals surface area (Å²) in [7, 11) is 0. The quantitative estimate of drug-likeness (QED) is 0.751. The Morgan fingerprint density at radius 2 is 1.89 bits per heavy atom. The van der Waals surface area contributed by atoms with Crippen LogP contribution in [0, 0.1) is 6.92 Å². The highest BCUT2D eigenvalue weighted by Crippen LogP contribution is 2.24. The van der Waals surface area contributed by atoms with Gasteiger partial charge in [-0.05, 0) is 36.2 Å². The smallest absolute Gasteiger partial charge is 0.0702 e. The number of aromatic nitrogens is 1. The predicted octanol–water partition coefficient (Wildman–Crippen LogP) is 3.67. The molecule has 1 heterocycles. The molecule has 0 bridgehead atoms. The van der Waals surface area contributed by atoms with Gasteiger partial charge in [0, 0.05) is 23.7 Å². The molecule has 0 aliphatic carbocycles. The molecule has 3 rings (SSSR count). The normalized spacial score (nSPS) is 10.8. The van der Waals surface area contributed by atoms with Crippen molar-refractivity contribution in [2.24, 2.45) is 5.73 Å². The molecule has 2 N–H and O–H groups in total. The molecule has 0 spiro atoms. The molecule has 1 aromatic heterocycles. The van der Waals surface area contributed by atoms with Gasteiger partial charge in [-0.15, -0.1) is 0 Å². The van der Waals surface area contributed by atoms with Crippen LogP contribution in [-0.2, 0) is 6.54 Å². The van der Waals surface area contributed by atoms with E-state index in [4.69, 9.17) is 5.73 Å². The van der Waals surface area contributed by atoms with E-state index < -0.39 is 0 Å². The van der Waals surface area contributed by atoms with Gasteiger partial charge >= 0.3 is 0 Å². The molecule has 0 amide bonds. The average molecular weight is 248 g/mol. The Morgan fingerprint density at radius 3 is 2.68 bits per heavy atom. The summed E-state index contributed by atoms with van der Waals surface area (Å²) in [5.74, 6) is 0. The summed E-state index contributed by atoms with van der Waals surface area (Å²) in [5.41, 5.74) is 11.4. The topological polar surface area (TPSA) is 38.9 Å². The van der Waals surface area contributed by atoms with E-state index >= 15 is 0 Å². The molecule has 0 atom stereocenters. The Kier molecular flexibility index (Phi) is 3.02. The first-order chi connectivity index (χ1) is 9.26. The highest BCUT2D eigenvalue weighted by atomic mass is 14.6. The van der Waals surface area contributed by atoms with Gasteiger partial charge in [-0.25, -0.2) is 0 Å². The Hall–Kier alpha value is -2.19. The van der Waals surface area contributed by atoms with E-state index in [1.807, 2.05) is 18.3 Å². The van der Waals surface area contributed by atoms with Crippen LogP contribution in [-0.4, -0.2) is 4.98 Å². The molecule has 0 saturated carbocycles. The van der Waals surface area contributed by atoms with Gasteiger partial charge in [0.15, 0.2) is 0 Å². The number of benzene rings is 2. The maximum absolute atomic E-state index is 5.69. The molecule has 0 aliphatic heterocycles. The first-order valence-corrected chi connectivity index (χ1v) is 6.42. The number of hydrogen-bond donors (Lipinski definition) is 1. The van der Waals surface area contributed by atoms with Crippen LogP contribution in [0.2, 0.25) is 0 Å². The lowest BCUT2D eigenvalue weighted by Crippen LogP contribution is -1.95. The van der Waals surface area contributed by atoms with Crippen LogP contribution >= 0.6 is 0 Å². The first kappa shape index (κ1) is 11.9. The van der Waals surface area contributed by atoms with Crippen molar-refractivity contribution >= 4 is 10.9 Å². The molecular formula is C17H16N2. The molecule has 3 aromatic rings. The lowest BCUT2D eigenvalue weighted by Gasteiger charge is -2.06. The summed E-state index contributed by atoms with van der Waals surface area (Å²) < 4.78 is 0. The van der Waals surface area contributed by atoms with Crippen molar-refractivity contribution in [3.63, 3.8) is 0 Å². The molecule has 0 unspecified atom stereocenters. The van der Waals surface area contributed by atoms with Gasteiger partial charge in [0.2, 0.25) is 0 Å². The minimum absolute atomic E-state index is 0.560. The minimum atomic E-state index is 0.560. The van der Waals surface area contributed by atoms with Crippen molar-refractivity contribution in [1.29, 1.82) is 0 Å². The zero-order chi connectivity index (χ0) is 13.2. The van der Waals surface area contributed by atoms with Crippen molar-refractivity contribution in [3.8, 4) is 11.1 Å². The Balaban J connectivity index is 2.15. The van der Waals surface area contributed by atoms with Gasteiger partial charge in [-0.1, -0.05) is 35.9 Å². The van der Waals surface area contributed by atoms with Gasteiger partial charge in [0.25, 0.3) is 0 Å². The van der Waals surface area contributed by atoms with E-state index in [9.17, 15) is 0 Å². The zero-order valence-corrected chi connectivity index (χ0v) is 10.9. The third-order valence-corrected chi connectivity index (χ3v) is 3.33. The fraction of sp³-hybridized carbons (Fsp3) is 0.118. The lowest BCUT2D eigenvalue weighted by atomic mass is 10.0. The SMILES string of the molecule is Cc1cccc(-c2cnc3ccc(CN)cc3c2)c1. The van der Waals surface area contributed by atoms with Crippen LogP contribution < -0.4 is 5.73 Å². The molecule has 0 saturated heterocycles. The maximum Gasteiger partial charge on any atom is 0.0702 e. The fourth-order valence-corrected chi connectivity index (χ4v) is 2.29. The molecule has 0 radical (unpaired) electrons. The molecule has 2 nitrogen and oxygen atoms in total. The fourth-order valence-electron chi connectivity index (χ4n) is 2.29. The Bertz CT molecular complexity index is 732. The van der Waals surface area contributed by atoms with Crippen LogP contribution in [0.1, 0.15) is 11.1 Å². The first-order valence-electron chi connectivity index (χ1n) is 6.42. The Labute approximate surface area is 112 Å². The van der Waals surface area contributed by atoms with Gasteiger partial charge in [0.05, 0.1) is 5.52 Å². The summed E-state index contributed by atoms with van der Waals surface area (Å²) in [6.07, 6.45) is 1.93. The van der Waals surface area contributed by atoms with Gasteiger partial charge < -0.3 is 5.73 Å². The summed E-state index contributed by atoms with van der Waals surface area (Å²) in [5, 5.41) is 1.14. The summed E-state index contributed by atoms with van der Waals surface area (Å²) >= 11 is 0. The third kappa shape index (κ3) is 2.35. The molecule has 0 fully saturated rings. The number of aryl methyl sites for hydroxylation is 1. The van der Waals surface area contributed by atoms with Crippen LogP contribution in [0.15, 0.2) is 54.7 Å². The minimum Gasteiger partial charge on any atom is -0.326 e. The highest BCUT2D eigenvalue weighted by Gasteiger charge is 2.02. The Morgan fingerprint density at radius 1 is 1.00 bits per heavy atom. The monoisotopic (exact) mass is 248 g/mol. The van der Waals surface area contributed by atoms with Crippen molar-refractivity contribution in [1.82, 2.24) is 4.98 Å². The second kappa shape index (κ2) is 4.82. The van der Waals surface area contributed by atoms with Crippen molar-refractivity contribution in [3.05, 3.63) is 65.9 Å². The van der Waals surface area contributed by atoms with Gasteiger partial charge in [-0.2, -0.15) is 0 Å². The van der Waals surface area contributed by atoms with Gasteiger partial charge in [-0.3, -0.25) is 4.98 Å². The zero-order valence-electron chi connectivity index (χ0n) is 10.9. The summed E-state index contributed by atoms with van der Waals surface area (Å²) in [6.45, 7) is 2.66. The van der Waals surface area contributed by atoms with Crippen LogP contribution in [0.5, 0.6) is 0 Å². The third-order valence-electron chi connectivity index (χ3n) is 3.33. The van der Waals surface area contributed by atoms with Crippen LogP contribution in [0.25, 0.3) is 22.0 Å². The number of fused-ring (bicyclic) bond motifs is 1. The lowest BCUT2D eigenvalue weighted by molar-refractivity contribution is 1.07. The number of hydrogen-bond acceptors (Lipinski definition) is 2. The largest absolute Gasteiger partial charge is 0.326 e. The number of nitrogens with two attached hydrogens (primary N) is 1. The number of rotatable bonds is 2. The van der Waals surface area contributed by atoms with Gasteiger partial charge in [0.1, 0.15) is 0 Å². The summed E-state index contributed by atoms with van der Waals surface area (Å²) in [4.78, 5) is 4.52. The maximum atomic E-state index is 5.69. The second-order valence-electron chi connectivity index (χ2n) is 4.82. The molecule has 2 heteroatoms. The molecule has 94 valence electrons. The summed E-state index contributed by atoms with van der Waals surface area (Å²) in [6, 6.07) is 16.8. The molecule has 2 aromatic carbocycles. The van der Waals surface area contributed by atoms with E-state index in [1.165, 1.54) is 11.1 Å². The van der Waals surface area contributed by atoms with E-state index in [2.05, 4.69) is 48.3 Å². The molecule has 19 heavy (non-hydrogen) atoms. The van der Waals surface area contributed by atoms with E-state index in [0.29, 0.717) is 6.54 Å². The van der Waals surface area contributed by atoms with E-state index in [1.54, 1.807) is 0 Å². The van der Waals surface area contributed by atoms with Crippen molar-refractivity contribution < 1.29 is 0 Å². The van der Waals surface area contributed by atoms with Crippen molar-refractivity contribution in [2.45, 2.75) is 13.5 Å². The van der Waals surface area contributed by atoms with Crippen LogP contribution in [0.3, 0.4) is 0 Å². The number of nitrogens with zero attached hydrogens (tertiary/aromatic N) is 1. The molecular weight excluding hydrogens is 232 g/mol. The van der Waals surface area contributed by atoms with E-state index in [-0.39, 0.29) is 0 Å². The highest BCUT2D eigenvalue weighted by molar-refractivity contribution is 5.84. The van der Waals surface area contributed by atoms with Crippen LogP contribution in [0.4, 0.5) is 0 Å². The standard InChI is InChI=1S/C17H16N2/c1-12-3-2-4-14(7-12)16-9-15-8-13(10-18)5-6-17(15)19-11-16/h2-9,11H,10,18H2,1H3.